The lowest BCUT2D eigenvalue weighted by molar-refractivity contribution is 0.361. The molecule has 0 bridgehead atoms. The number of nitrogens with two attached hydrogens (primary N) is 1. The lowest BCUT2D eigenvalue weighted by Crippen LogP contribution is -2.29. The van der Waals surface area contributed by atoms with Crippen LogP contribution in [0.3, 0.4) is 0 Å². The Kier molecular flexibility index (Phi) is 3.51. The van der Waals surface area contributed by atoms with Gasteiger partial charge in [0, 0.05) is 30.5 Å². The summed E-state index contributed by atoms with van der Waals surface area (Å²) in [5.41, 5.74) is 8.02. The summed E-state index contributed by atoms with van der Waals surface area (Å²) >= 11 is 0. The van der Waals surface area contributed by atoms with Crippen LogP contribution in [0, 0.1) is 0 Å². The summed E-state index contributed by atoms with van der Waals surface area (Å²) in [5.74, 6) is 1.12. The van der Waals surface area contributed by atoms with Crippen molar-refractivity contribution < 1.29 is 0 Å². The highest BCUT2D eigenvalue weighted by Gasteiger charge is 2.17. The number of nitrogens with zero attached hydrogens (tertiary/aromatic N) is 2. The van der Waals surface area contributed by atoms with Crippen molar-refractivity contribution in [1.82, 2.24) is 14.9 Å². The van der Waals surface area contributed by atoms with E-state index in [0.29, 0.717) is 6.04 Å². The highest BCUT2D eigenvalue weighted by atomic mass is 15.1. The fraction of sp³-hybridized carbons (Fsp3) is 0.400. The molecule has 3 rings (SSSR count). The van der Waals surface area contributed by atoms with Gasteiger partial charge in [-0.3, -0.25) is 0 Å². The first-order chi connectivity index (χ1) is 9.34. The molecule has 1 aliphatic heterocycles. The highest BCUT2D eigenvalue weighted by Crippen LogP contribution is 2.22. The molecule has 0 aliphatic carbocycles. The molecule has 0 radical (unpaired) electrons. The number of hydrogen-bond donors (Lipinski definition) is 2. The second-order valence-electron chi connectivity index (χ2n) is 5.11. The minimum atomic E-state index is 0.573. The van der Waals surface area contributed by atoms with Crippen molar-refractivity contribution >= 4 is 5.69 Å². The van der Waals surface area contributed by atoms with Crippen LogP contribution in [0.4, 0.5) is 5.69 Å². The van der Waals surface area contributed by atoms with E-state index in [-0.39, 0.29) is 0 Å². The molecule has 0 atom stereocenters. The third kappa shape index (κ3) is 2.63. The van der Waals surface area contributed by atoms with Crippen molar-refractivity contribution in [2.24, 2.45) is 0 Å². The predicted octanol–water partition coefficient (Wildman–Crippen LogP) is 1.98. The van der Waals surface area contributed by atoms with Gasteiger partial charge in [0.2, 0.25) is 0 Å². The number of rotatable bonds is 3. The topological polar surface area (TPSA) is 55.9 Å². The van der Waals surface area contributed by atoms with E-state index in [2.05, 4.69) is 27.1 Å². The molecule has 2 aromatic rings. The fourth-order valence-electron chi connectivity index (χ4n) is 2.76. The third-order valence-electron chi connectivity index (χ3n) is 3.85. The minimum absolute atomic E-state index is 0.573. The first kappa shape index (κ1) is 12.2. The first-order valence-electron chi connectivity index (χ1n) is 6.90. The third-order valence-corrected chi connectivity index (χ3v) is 3.85. The normalized spacial score (nSPS) is 16.6. The molecular formula is C15H20N4. The summed E-state index contributed by atoms with van der Waals surface area (Å²) < 4.78 is 2.33. The van der Waals surface area contributed by atoms with Gasteiger partial charge in [0.15, 0.2) is 0 Å². The fourth-order valence-corrected chi connectivity index (χ4v) is 2.76. The lowest BCUT2D eigenvalue weighted by atomic mass is 10.1. The summed E-state index contributed by atoms with van der Waals surface area (Å²) in [6.45, 7) is 2.19. The number of hydrogen-bond acceptors (Lipinski definition) is 3. The molecule has 2 heterocycles. The number of nitrogens with one attached hydrogen (secondary N) is 1. The number of aromatic nitrogens is 2. The average Bonchev–Trinajstić information content (AvgIpc) is 2.91. The number of piperidine rings is 1. The lowest BCUT2D eigenvalue weighted by Gasteiger charge is -2.25. The van der Waals surface area contributed by atoms with Crippen LogP contribution in [0.2, 0.25) is 0 Å². The van der Waals surface area contributed by atoms with E-state index in [4.69, 9.17) is 5.73 Å². The maximum absolute atomic E-state index is 6.02. The molecule has 0 unspecified atom stereocenters. The molecule has 3 N–H and O–H groups in total. The summed E-state index contributed by atoms with van der Waals surface area (Å²) in [4.78, 5) is 4.51. The Morgan fingerprint density at radius 2 is 2.05 bits per heavy atom. The zero-order chi connectivity index (χ0) is 13.1. The van der Waals surface area contributed by atoms with Crippen LogP contribution < -0.4 is 11.1 Å². The zero-order valence-corrected chi connectivity index (χ0v) is 11.0. The number of anilines is 1. The van der Waals surface area contributed by atoms with E-state index >= 15 is 0 Å². The molecule has 0 amide bonds. The van der Waals surface area contributed by atoms with Crippen molar-refractivity contribution in [3.05, 3.63) is 48.0 Å². The largest absolute Gasteiger partial charge is 0.398 e. The molecule has 1 aromatic carbocycles. The molecule has 1 saturated heterocycles. The Bertz CT molecular complexity index is 541. The van der Waals surface area contributed by atoms with E-state index in [9.17, 15) is 0 Å². The van der Waals surface area contributed by atoms with Gasteiger partial charge in [-0.15, -0.1) is 0 Å². The quantitative estimate of drug-likeness (QED) is 0.826. The molecule has 1 aliphatic rings. The molecule has 1 aromatic heterocycles. The van der Waals surface area contributed by atoms with E-state index in [1.807, 2.05) is 24.4 Å². The van der Waals surface area contributed by atoms with Gasteiger partial charge in [0.25, 0.3) is 0 Å². The zero-order valence-electron chi connectivity index (χ0n) is 11.0. The van der Waals surface area contributed by atoms with E-state index in [1.54, 1.807) is 0 Å². The van der Waals surface area contributed by atoms with Crippen LogP contribution in [-0.2, 0) is 6.42 Å². The first-order valence-corrected chi connectivity index (χ1v) is 6.90. The van der Waals surface area contributed by atoms with Gasteiger partial charge < -0.3 is 15.6 Å². The Morgan fingerprint density at radius 1 is 1.26 bits per heavy atom. The highest BCUT2D eigenvalue weighted by molar-refractivity contribution is 5.47. The predicted molar refractivity (Wildman–Crippen MR) is 77.0 cm³/mol. The standard InChI is InChI=1S/C15H20N4/c16-14-4-2-1-3-12(14)11-15-18-9-10-19(15)13-5-7-17-8-6-13/h1-4,9-10,13,17H,5-8,11,16H2. The van der Waals surface area contributed by atoms with Crippen LogP contribution >= 0.6 is 0 Å². The maximum atomic E-state index is 6.02. The molecule has 1 fully saturated rings. The summed E-state index contributed by atoms with van der Waals surface area (Å²) in [5, 5.41) is 3.40. The van der Waals surface area contributed by atoms with Crippen LogP contribution in [0.25, 0.3) is 0 Å². The summed E-state index contributed by atoms with van der Waals surface area (Å²) in [7, 11) is 0. The Balaban J connectivity index is 1.82. The van der Waals surface area contributed by atoms with Gasteiger partial charge in [0.05, 0.1) is 0 Å². The van der Waals surface area contributed by atoms with Crippen molar-refractivity contribution in [2.75, 3.05) is 18.8 Å². The van der Waals surface area contributed by atoms with Crippen molar-refractivity contribution in [3.63, 3.8) is 0 Å². The number of benzene rings is 1. The smallest absolute Gasteiger partial charge is 0.113 e. The molecule has 0 saturated carbocycles. The van der Waals surface area contributed by atoms with Crippen LogP contribution in [0.15, 0.2) is 36.7 Å². The van der Waals surface area contributed by atoms with Crippen LogP contribution in [0.5, 0.6) is 0 Å². The second-order valence-corrected chi connectivity index (χ2v) is 5.11. The van der Waals surface area contributed by atoms with Gasteiger partial charge in [-0.05, 0) is 37.6 Å². The molecule has 19 heavy (non-hydrogen) atoms. The van der Waals surface area contributed by atoms with Gasteiger partial charge in [-0.1, -0.05) is 18.2 Å². The van der Waals surface area contributed by atoms with Crippen molar-refractivity contribution in [1.29, 1.82) is 0 Å². The summed E-state index contributed by atoms with van der Waals surface area (Å²) in [6.07, 6.45) is 7.16. The van der Waals surface area contributed by atoms with Gasteiger partial charge >= 0.3 is 0 Å². The van der Waals surface area contributed by atoms with Gasteiger partial charge in [-0.25, -0.2) is 4.98 Å². The van der Waals surface area contributed by atoms with E-state index < -0.39 is 0 Å². The molecule has 4 heteroatoms. The number of para-hydroxylation sites is 1. The molecule has 0 spiro atoms. The van der Waals surface area contributed by atoms with Crippen molar-refractivity contribution in [2.45, 2.75) is 25.3 Å². The van der Waals surface area contributed by atoms with Crippen molar-refractivity contribution in [3.8, 4) is 0 Å². The van der Waals surface area contributed by atoms with Gasteiger partial charge in [0.1, 0.15) is 5.82 Å². The minimum Gasteiger partial charge on any atom is -0.398 e. The molecule has 4 nitrogen and oxygen atoms in total. The Hall–Kier alpha value is -1.81. The molecule has 100 valence electrons. The average molecular weight is 256 g/mol. The maximum Gasteiger partial charge on any atom is 0.113 e. The Morgan fingerprint density at radius 3 is 2.84 bits per heavy atom. The second kappa shape index (κ2) is 5.45. The van der Waals surface area contributed by atoms with E-state index in [1.165, 1.54) is 12.8 Å². The van der Waals surface area contributed by atoms with Gasteiger partial charge in [-0.2, -0.15) is 0 Å². The molecular weight excluding hydrogens is 236 g/mol. The number of imidazole rings is 1. The SMILES string of the molecule is Nc1ccccc1Cc1nccn1C1CCNCC1. The number of nitrogen functional groups attached to an aromatic ring is 1. The monoisotopic (exact) mass is 256 g/mol. The summed E-state index contributed by atoms with van der Waals surface area (Å²) in [6, 6.07) is 8.61. The van der Waals surface area contributed by atoms with Crippen LogP contribution in [-0.4, -0.2) is 22.6 Å². The van der Waals surface area contributed by atoms with E-state index in [0.717, 1.165) is 36.6 Å². The van der Waals surface area contributed by atoms with Crippen LogP contribution in [0.1, 0.15) is 30.3 Å². The Labute approximate surface area is 113 Å².